The summed E-state index contributed by atoms with van der Waals surface area (Å²) in [5.74, 6) is 0.359. The van der Waals surface area contributed by atoms with E-state index in [-0.39, 0.29) is 23.0 Å². The number of aliphatic hydroxyl groups is 1. The van der Waals surface area contributed by atoms with E-state index in [9.17, 15) is 13.5 Å². The van der Waals surface area contributed by atoms with Gasteiger partial charge >= 0.3 is 0 Å². The lowest BCUT2D eigenvalue weighted by Crippen LogP contribution is -2.67. The SMILES string of the molecule is CCO[C@H]1O[C@H](CO[Si](c2ccccc2)(c2ccccc2)C(C)(C)C)[C@@H](O)C[C@H]1Oc1cn(S(=O)(=O)c2ccccc2)c2ccccc12. The first kappa shape index (κ1) is 34.1. The topological polar surface area (TPSA) is 96.2 Å². The number of fused-ring (bicyclic) bond motifs is 1. The van der Waals surface area contributed by atoms with Crippen LogP contribution in [-0.2, 0) is 23.9 Å². The summed E-state index contributed by atoms with van der Waals surface area (Å²) in [6, 6.07) is 36.1. The minimum Gasteiger partial charge on any atom is -0.483 e. The van der Waals surface area contributed by atoms with Crippen molar-refractivity contribution in [1.29, 1.82) is 0 Å². The third-order valence-corrected chi connectivity index (χ3v) is 15.6. The summed E-state index contributed by atoms with van der Waals surface area (Å²) in [4.78, 5) is 0.171. The van der Waals surface area contributed by atoms with Crippen molar-refractivity contribution >= 4 is 39.6 Å². The molecule has 5 aromatic rings. The highest BCUT2D eigenvalue weighted by atomic mass is 32.2. The normalized spacial score (nSPS) is 20.5. The molecule has 1 saturated heterocycles. The largest absolute Gasteiger partial charge is 0.483 e. The molecule has 0 radical (unpaired) electrons. The van der Waals surface area contributed by atoms with Crippen LogP contribution in [0.25, 0.3) is 10.9 Å². The first-order valence-electron chi connectivity index (χ1n) is 16.3. The van der Waals surface area contributed by atoms with Gasteiger partial charge in [0.05, 0.1) is 29.3 Å². The molecular weight excluding hydrogens is 643 g/mol. The van der Waals surface area contributed by atoms with Crippen molar-refractivity contribution in [1.82, 2.24) is 3.97 Å². The Balaban J connectivity index is 1.28. The Hall–Kier alpha value is -3.77. The molecule has 0 spiro atoms. The minimum atomic E-state index is -3.90. The standard InChI is InChI=1S/C38H43NO7SSi/c1-5-43-37-34(45-35-26-39(32-24-16-15-23-31(32)35)47(41,42)28-17-9-6-10-18-28)25-33(40)36(46-37)27-44-48(38(2,3)4,29-19-11-7-12-20-29)30-21-13-8-14-22-30/h6-24,26,33-34,36-37,40H,5,25,27H2,1-4H3/t33-,34+,36+,37-/m0/s1. The molecule has 4 aromatic carbocycles. The van der Waals surface area contributed by atoms with Crippen LogP contribution in [0.15, 0.2) is 126 Å². The van der Waals surface area contributed by atoms with Crippen LogP contribution in [-0.4, -0.2) is 63.6 Å². The fourth-order valence-electron chi connectivity index (χ4n) is 6.67. The van der Waals surface area contributed by atoms with Crippen LogP contribution in [0.5, 0.6) is 5.75 Å². The van der Waals surface area contributed by atoms with Gasteiger partial charge in [0.1, 0.15) is 11.9 Å². The van der Waals surface area contributed by atoms with Gasteiger partial charge in [0.15, 0.2) is 12.4 Å². The average Bonchev–Trinajstić information content (AvgIpc) is 3.46. The summed E-state index contributed by atoms with van der Waals surface area (Å²) in [5, 5.41) is 14.2. The second kappa shape index (κ2) is 14.0. The Labute approximate surface area is 284 Å². The Bertz CT molecular complexity index is 1870. The number of aliphatic hydroxyl groups excluding tert-OH is 1. The maximum atomic E-state index is 13.7. The lowest BCUT2D eigenvalue weighted by molar-refractivity contribution is -0.262. The Morgan fingerprint density at radius 2 is 1.42 bits per heavy atom. The molecule has 0 saturated carbocycles. The van der Waals surface area contributed by atoms with Crippen LogP contribution in [0.2, 0.25) is 5.04 Å². The van der Waals surface area contributed by atoms with Crippen LogP contribution in [0.1, 0.15) is 34.1 Å². The summed E-state index contributed by atoms with van der Waals surface area (Å²) in [6.07, 6.45) is -1.44. The maximum absolute atomic E-state index is 13.7. The Morgan fingerprint density at radius 3 is 2.00 bits per heavy atom. The van der Waals surface area contributed by atoms with Crippen LogP contribution in [0, 0.1) is 0 Å². The Morgan fingerprint density at radius 1 is 0.854 bits per heavy atom. The number of nitrogens with zero attached hydrogens (tertiary/aromatic N) is 1. The van der Waals surface area contributed by atoms with Gasteiger partial charge in [-0.15, -0.1) is 0 Å². The molecule has 0 amide bonds. The highest BCUT2D eigenvalue weighted by molar-refractivity contribution is 7.90. The predicted molar refractivity (Wildman–Crippen MR) is 190 cm³/mol. The third-order valence-electron chi connectivity index (χ3n) is 8.95. The molecule has 1 fully saturated rings. The number of hydrogen-bond acceptors (Lipinski definition) is 7. The Kier molecular flexibility index (Phi) is 9.94. The highest BCUT2D eigenvalue weighted by Gasteiger charge is 2.51. The van der Waals surface area contributed by atoms with Crippen LogP contribution >= 0.6 is 0 Å². The zero-order chi connectivity index (χ0) is 33.9. The van der Waals surface area contributed by atoms with E-state index in [4.69, 9.17) is 18.6 Å². The highest BCUT2D eigenvalue weighted by Crippen LogP contribution is 2.38. The van der Waals surface area contributed by atoms with Gasteiger partial charge in [-0.3, -0.25) is 0 Å². The second-order valence-electron chi connectivity index (χ2n) is 13.1. The van der Waals surface area contributed by atoms with Crippen molar-refractivity contribution in [2.75, 3.05) is 13.2 Å². The molecular formula is C38H43NO7SSi. The molecule has 1 aromatic heterocycles. The summed E-state index contributed by atoms with van der Waals surface area (Å²) in [6.45, 7) is 9.00. The molecule has 2 heterocycles. The van der Waals surface area contributed by atoms with Gasteiger partial charge in [0.2, 0.25) is 0 Å². The van der Waals surface area contributed by atoms with Crippen molar-refractivity contribution in [2.45, 2.75) is 68.7 Å². The van der Waals surface area contributed by atoms with E-state index in [1.54, 1.807) is 42.5 Å². The van der Waals surface area contributed by atoms with Crippen LogP contribution in [0.4, 0.5) is 0 Å². The second-order valence-corrected chi connectivity index (χ2v) is 19.2. The number of benzene rings is 4. The quantitative estimate of drug-likeness (QED) is 0.178. The fraction of sp³-hybridized carbons (Fsp3) is 0.316. The number of para-hydroxylation sites is 1. The molecule has 0 unspecified atom stereocenters. The smallest absolute Gasteiger partial charge is 0.268 e. The van der Waals surface area contributed by atoms with Gasteiger partial charge in [0, 0.05) is 18.4 Å². The average molecular weight is 686 g/mol. The van der Waals surface area contributed by atoms with Crippen LogP contribution in [0.3, 0.4) is 0 Å². The number of rotatable bonds is 11. The van der Waals surface area contributed by atoms with Crippen LogP contribution < -0.4 is 15.1 Å². The van der Waals surface area contributed by atoms with Gasteiger partial charge < -0.3 is 23.7 Å². The number of ether oxygens (including phenoxy) is 3. The van der Waals surface area contributed by atoms with Gasteiger partial charge in [-0.25, -0.2) is 12.4 Å². The molecule has 1 aliphatic rings. The van der Waals surface area contributed by atoms with Crippen molar-refractivity contribution in [2.24, 2.45) is 0 Å². The fourth-order valence-corrected chi connectivity index (χ4v) is 12.6. The lowest BCUT2D eigenvalue weighted by Gasteiger charge is -2.45. The van der Waals surface area contributed by atoms with E-state index in [0.29, 0.717) is 23.3 Å². The number of aromatic nitrogens is 1. The van der Waals surface area contributed by atoms with E-state index in [1.165, 1.54) is 10.2 Å². The minimum absolute atomic E-state index is 0.152. The monoisotopic (exact) mass is 685 g/mol. The molecule has 252 valence electrons. The van der Waals surface area contributed by atoms with Crippen molar-refractivity contribution < 1.29 is 32.2 Å². The van der Waals surface area contributed by atoms with E-state index in [0.717, 1.165) is 10.4 Å². The van der Waals surface area contributed by atoms with Gasteiger partial charge in [-0.2, -0.15) is 0 Å². The summed E-state index contributed by atoms with van der Waals surface area (Å²) < 4.78 is 54.6. The molecule has 8 nitrogen and oxygen atoms in total. The molecule has 48 heavy (non-hydrogen) atoms. The lowest BCUT2D eigenvalue weighted by atomic mass is 10.0. The first-order valence-corrected chi connectivity index (χ1v) is 19.7. The first-order chi connectivity index (χ1) is 23.1. The number of hydrogen-bond donors (Lipinski definition) is 1. The zero-order valence-corrected chi connectivity index (χ0v) is 29.5. The summed E-state index contributed by atoms with van der Waals surface area (Å²) in [5.41, 5.74) is 0.484. The molecule has 4 atom stereocenters. The third kappa shape index (κ3) is 6.48. The van der Waals surface area contributed by atoms with Crippen molar-refractivity contribution in [3.05, 3.63) is 121 Å². The molecule has 0 aliphatic carbocycles. The predicted octanol–water partition coefficient (Wildman–Crippen LogP) is 5.71. The molecule has 0 bridgehead atoms. The summed E-state index contributed by atoms with van der Waals surface area (Å²) >= 11 is 0. The van der Waals surface area contributed by atoms with Crippen molar-refractivity contribution in [3.8, 4) is 5.75 Å². The van der Waals surface area contributed by atoms with E-state index in [2.05, 4.69) is 45.0 Å². The zero-order valence-electron chi connectivity index (χ0n) is 27.7. The van der Waals surface area contributed by atoms with Gasteiger partial charge in [-0.05, 0) is 46.6 Å². The maximum Gasteiger partial charge on any atom is 0.268 e. The summed E-state index contributed by atoms with van der Waals surface area (Å²) in [7, 11) is -6.77. The molecule has 1 N–H and O–H groups in total. The van der Waals surface area contributed by atoms with E-state index in [1.807, 2.05) is 55.5 Å². The van der Waals surface area contributed by atoms with Gasteiger partial charge in [0.25, 0.3) is 18.3 Å². The molecule has 6 rings (SSSR count). The molecule has 10 heteroatoms. The van der Waals surface area contributed by atoms with E-state index >= 15 is 0 Å². The van der Waals surface area contributed by atoms with E-state index < -0.39 is 42.9 Å². The van der Waals surface area contributed by atoms with Crippen molar-refractivity contribution in [3.63, 3.8) is 0 Å². The molecule has 1 aliphatic heterocycles. The van der Waals surface area contributed by atoms with Gasteiger partial charge in [-0.1, -0.05) is 112 Å².